The summed E-state index contributed by atoms with van der Waals surface area (Å²) in [5.41, 5.74) is 1.73. The highest BCUT2D eigenvalue weighted by Crippen LogP contribution is 2.35. The van der Waals surface area contributed by atoms with Crippen molar-refractivity contribution in [2.45, 2.75) is 0 Å². The number of rotatable bonds is 2. The van der Waals surface area contributed by atoms with Crippen LogP contribution in [-0.2, 0) is 0 Å². The maximum absolute atomic E-state index is 5.96. The predicted molar refractivity (Wildman–Crippen MR) is 79.0 cm³/mol. The molecule has 0 N–H and O–H groups in total. The molecule has 0 amide bonds. The molecule has 0 bridgehead atoms. The molecular formula is C16H12O2S. The molecule has 1 heterocycles. The minimum atomic E-state index is 0.611. The van der Waals surface area contributed by atoms with Crippen LogP contribution in [-0.4, -0.2) is 7.11 Å². The van der Waals surface area contributed by atoms with Crippen LogP contribution in [0.1, 0.15) is 0 Å². The highest BCUT2D eigenvalue weighted by atomic mass is 32.1. The van der Waals surface area contributed by atoms with Crippen LogP contribution in [0.2, 0.25) is 0 Å². The number of hydrogen-bond acceptors (Lipinski definition) is 3. The van der Waals surface area contributed by atoms with Gasteiger partial charge in [0.15, 0.2) is 11.5 Å². The second kappa shape index (κ2) is 4.86. The first-order valence-electron chi connectivity index (χ1n) is 5.96. The maximum Gasteiger partial charge on any atom is 0.180 e. The van der Waals surface area contributed by atoms with E-state index in [9.17, 15) is 0 Å². The van der Waals surface area contributed by atoms with Crippen LogP contribution in [0.3, 0.4) is 0 Å². The number of benzene rings is 2. The van der Waals surface area contributed by atoms with Gasteiger partial charge in [-0.25, -0.2) is 0 Å². The molecule has 0 atom stereocenters. The molecular weight excluding hydrogens is 256 g/mol. The van der Waals surface area contributed by atoms with Gasteiger partial charge in [-0.2, -0.15) is 0 Å². The third-order valence-electron chi connectivity index (χ3n) is 3.00. The van der Waals surface area contributed by atoms with E-state index in [0.29, 0.717) is 16.0 Å². The Hall–Kier alpha value is -2.13. The molecule has 3 aromatic rings. The maximum atomic E-state index is 5.96. The second-order valence-electron chi connectivity index (χ2n) is 4.16. The van der Waals surface area contributed by atoms with Gasteiger partial charge in [-0.05, 0) is 12.1 Å². The molecule has 0 aliphatic heterocycles. The number of para-hydroxylation sites is 1. The molecule has 94 valence electrons. The fraction of sp³-hybridized carbons (Fsp3) is 0.0625. The van der Waals surface area contributed by atoms with Gasteiger partial charge in [-0.1, -0.05) is 54.7 Å². The van der Waals surface area contributed by atoms with E-state index in [2.05, 4.69) is 0 Å². The molecule has 0 saturated heterocycles. The molecule has 2 aromatic carbocycles. The Morgan fingerprint density at radius 3 is 2.37 bits per heavy atom. The number of hydrogen-bond donors (Lipinski definition) is 0. The standard InChI is InChI=1S/C16H12O2S/c1-17-15-14(11-7-3-2-4-8-11)18-13-10-6-5-9-12(13)16(15)19/h2-10H,1H3. The Balaban J connectivity index is 2.39. The molecule has 0 aliphatic rings. The zero-order valence-electron chi connectivity index (χ0n) is 10.4. The highest BCUT2D eigenvalue weighted by Gasteiger charge is 2.13. The van der Waals surface area contributed by atoms with Gasteiger partial charge in [0.1, 0.15) is 5.58 Å². The molecule has 0 fully saturated rings. The number of methoxy groups -OCH3 is 1. The molecule has 19 heavy (non-hydrogen) atoms. The molecule has 0 unspecified atom stereocenters. The van der Waals surface area contributed by atoms with Crippen molar-refractivity contribution in [3.63, 3.8) is 0 Å². The van der Waals surface area contributed by atoms with Gasteiger partial charge < -0.3 is 9.15 Å². The Bertz CT molecular complexity index is 776. The Morgan fingerprint density at radius 2 is 1.63 bits per heavy atom. The quantitative estimate of drug-likeness (QED) is 0.621. The Kier molecular flexibility index (Phi) is 3.05. The highest BCUT2D eigenvalue weighted by molar-refractivity contribution is 7.71. The van der Waals surface area contributed by atoms with E-state index < -0.39 is 0 Å². The van der Waals surface area contributed by atoms with E-state index in [1.165, 1.54) is 0 Å². The summed E-state index contributed by atoms with van der Waals surface area (Å²) < 4.78 is 12.1. The first-order chi connectivity index (χ1) is 9.31. The van der Waals surface area contributed by atoms with Crippen molar-refractivity contribution in [3.05, 3.63) is 59.1 Å². The van der Waals surface area contributed by atoms with Gasteiger partial charge in [0.2, 0.25) is 0 Å². The smallest absolute Gasteiger partial charge is 0.180 e. The topological polar surface area (TPSA) is 22.4 Å². The van der Waals surface area contributed by atoms with Crippen LogP contribution in [0.5, 0.6) is 5.75 Å². The molecule has 3 rings (SSSR count). The fourth-order valence-electron chi connectivity index (χ4n) is 2.09. The summed E-state index contributed by atoms with van der Waals surface area (Å²) in [7, 11) is 1.61. The molecule has 0 saturated carbocycles. The molecule has 0 aliphatic carbocycles. The minimum absolute atomic E-state index is 0.611. The third-order valence-corrected chi connectivity index (χ3v) is 3.40. The van der Waals surface area contributed by atoms with Gasteiger partial charge in [0.25, 0.3) is 0 Å². The van der Waals surface area contributed by atoms with E-state index >= 15 is 0 Å². The van der Waals surface area contributed by atoms with Crippen molar-refractivity contribution in [2.24, 2.45) is 0 Å². The van der Waals surface area contributed by atoms with E-state index in [0.717, 1.165) is 16.5 Å². The van der Waals surface area contributed by atoms with Gasteiger partial charge >= 0.3 is 0 Å². The fourth-order valence-corrected chi connectivity index (χ4v) is 2.43. The average molecular weight is 268 g/mol. The van der Waals surface area contributed by atoms with Crippen LogP contribution >= 0.6 is 12.2 Å². The summed E-state index contributed by atoms with van der Waals surface area (Å²) in [6.07, 6.45) is 0. The molecule has 0 spiro atoms. The van der Waals surface area contributed by atoms with Crippen molar-refractivity contribution in [3.8, 4) is 17.1 Å². The van der Waals surface area contributed by atoms with Gasteiger partial charge in [-0.3, -0.25) is 0 Å². The van der Waals surface area contributed by atoms with Crippen molar-refractivity contribution in [1.29, 1.82) is 0 Å². The summed E-state index contributed by atoms with van der Waals surface area (Å²) in [5, 5.41) is 0.897. The van der Waals surface area contributed by atoms with Crippen molar-refractivity contribution >= 4 is 23.2 Å². The lowest BCUT2D eigenvalue weighted by atomic mass is 10.1. The van der Waals surface area contributed by atoms with E-state index in [1.807, 2.05) is 54.6 Å². The van der Waals surface area contributed by atoms with Crippen LogP contribution in [0.4, 0.5) is 0 Å². The first kappa shape index (κ1) is 11.9. The van der Waals surface area contributed by atoms with E-state index in [4.69, 9.17) is 21.4 Å². The van der Waals surface area contributed by atoms with Gasteiger partial charge in [0, 0.05) is 10.9 Å². The lowest BCUT2D eigenvalue weighted by Crippen LogP contribution is -1.90. The third kappa shape index (κ3) is 2.02. The summed E-state index contributed by atoms with van der Waals surface area (Å²) in [5.74, 6) is 1.28. The van der Waals surface area contributed by atoms with E-state index in [-0.39, 0.29) is 0 Å². The zero-order chi connectivity index (χ0) is 13.2. The van der Waals surface area contributed by atoms with Gasteiger partial charge in [0.05, 0.1) is 11.6 Å². The first-order valence-corrected chi connectivity index (χ1v) is 6.37. The van der Waals surface area contributed by atoms with E-state index in [1.54, 1.807) is 7.11 Å². The monoisotopic (exact) mass is 268 g/mol. The number of fused-ring (bicyclic) bond motifs is 1. The summed E-state index contributed by atoms with van der Waals surface area (Å²) in [4.78, 5) is 0. The van der Waals surface area contributed by atoms with Crippen LogP contribution < -0.4 is 4.74 Å². The molecule has 1 aromatic heterocycles. The van der Waals surface area contributed by atoms with Crippen molar-refractivity contribution in [1.82, 2.24) is 0 Å². The Morgan fingerprint density at radius 1 is 0.947 bits per heavy atom. The largest absolute Gasteiger partial charge is 0.491 e. The zero-order valence-corrected chi connectivity index (χ0v) is 11.2. The normalized spacial score (nSPS) is 10.6. The molecule has 2 nitrogen and oxygen atoms in total. The van der Waals surface area contributed by atoms with Gasteiger partial charge in [-0.15, -0.1) is 0 Å². The van der Waals surface area contributed by atoms with Crippen LogP contribution in [0.15, 0.2) is 59.0 Å². The summed E-state index contributed by atoms with van der Waals surface area (Å²) in [6.45, 7) is 0. The SMILES string of the molecule is COc1c(-c2ccccc2)oc2ccccc2c1=S. The minimum Gasteiger partial charge on any atom is -0.491 e. The number of ether oxygens (including phenoxy) is 1. The average Bonchev–Trinajstić information content (AvgIpc) is 2.48. The Labute approximate surface area is 116 Å². The molecule has 3 heteroatoms. The van der Waals surface area contributed by atoms with Crippen molar-refractivity contribution < 1.29 is 9.15 Å². The predicted octanol–water partition coefficient (Wildman–Crippen LogP) is 4.84. The van der Waals surface area contributed by atoms with Crippen LogP contribution in [0.25, 0.3) is 22.3 Å². The summed E-state index contributed by atoms with van der Waals surface area (Å²) in [6, 6.07) is 17.6. The lowest BCUT2D eigenvalue weighted by molar-refractivity contribution is 0.401. The molecule has 0 radical (unpaired) electrons. The van der Waals surface area contributed by atoms with Crippen molar-refractivity contribution in [2.75, 3.05) is 7.11 Å². The summed E-state index contributed by atoms with van der Waals surface area (Å²) >= 11 is 5.50. The van der Waals surface area contributed by atoms with Crippen LogP contribution in [0, 0.1) is 4.51 Å². The lowest BCUT2D eigenvalue weighted by Gasteiger charge is -2.10. The second-order valence-corrected chi connectivity index (χ2v) is 4.56.